The van der Waals surface area contributed by atoms with Gasteiger partial charge in [0, 0.05) is 38.0 Å². The van der Waals surface area contributed by atoms with Crippen LogP contribution in [0.4, 0.5) is 0 Å². The van der Waals surface area contributed by atoms with Crippen LogP contribution in [-0.4, -0.2) is 59.2 Å². The van der Waals surface area contributed by atoms with Crippen molar-refractivity contribution in [2.75, 3.05) is 25.5 Å². The number of ketones is 1. The lowest BCUT2D eigenvalue weighted by molar-refractivity contribution is -0.142. The predicted octanol–water partition coefficient (Wildman–Crippen LogP) is 2.68. The quantitative estimate of drug-likeness (QED) is 0.433. The number of benzene rings is 1. The number of thioether (sulfide) groups is 1. The molecule has 1 aromatic carbocycles. The molecule has 1 aliphatic carbocycles. The van der Waals surface area contributed by atoms with E-state index in [1.54, 1.807) is 11.8 Å². The van der Waals surface area contributed by atoms with Crippen LogP contribution in [0, 0.1) is 11.8 Å². The lowest BCUT2D eigenvalue weighted by atomic mass is 9.85. The van der Waals surface area contributed by atoms with Gasteiger partial charge in [-0.2, -0.15) is 0 Å². The van der Waals surface area contributed by atoms with Crippen molar-refractivity contribution in [2.24, 2.45) is 16.9 Å². The number of rotatable bonds is 8. The van der Waals surface area contributed by atoms with Gasteiger partial charge in [0.05, 0.1) is 0 Å². The molecule has 4 rings (SSSR count). The Morgan fingerprint density at radius 1 is 1.06 bits per heavy atom. The van der Waals surface area contributed by atoms with Crippen molar-refractivity contribution in [1.29, 1.82) is 0 Å². The maximum Gasteiger partial charge on any atom is 0.309 e. The highest BCUT2D eigenvalue weighted by atomic mass is 32.2. The third-order valence-electron chi connectivity index (χ3n) is 6.85. The fourth-order valence-electron chi connectivity index (χ4n) is 4.86. The molecule has 2 N–H and O–H groups in total. The van der Waals surface area contributed by atoms with Crippen molar-refractivity contribution in [2.45, 2.75) is 57.5 Å². The Hall–Kier alpha value is -2.39. The van der Waals surface area contributed by atoms with Crippen molar-refractivity contribution in [3.8, 4) is 0 Å². The number of nitrogens with one attached hydrogen (secondary N) is 2. The fourth-order valence-corrected chi connectivity index (χ4v) is 5.81. The SMILES string of the molecule is O=C(NN=C1SCCN1Cc1ccccc1)C(=O)C(NC(=O)C1CCCCC1)C1CCOCC1. The molecule has 2 heterocycles. The second-order valence-corrected chi connectivity index (χ2v) is 10.3. The van der Waals surface area contributed by atoms with Gasteiger partial charge in [0.1, 0.15) is 6.04 Å². The number of carbonyl (C=O) groups excluding carboxylic acids is 3. The summed E-state index contributed by atoms with van der Waals surface area (Å²) in [6.45, 7) is 2.58. The van der Waals surface area contributed by atoms with Crippen LogP contribution in [-0.2, 0) is 25.7 Å². The lowest BCUT2D eigenvalue weighted by Crippen LogP contribution is -2.53. The van der Waals surface area contributed by atoms with Crippen molar-refractivity contribution >= 4 is 34.5 Å². The van der Waals surface area contributed by atoms with Crippen LogP contribution in [0.1, 0.15) is 50.5 Å². The summed E-state index contributed by atoms with van der Waals surface area (Å²) in [4.78, 5) is 41.0. The first-order valence-electron chi connectivity index (χ1n) is 12.3. The standard InChI is InChI=1S/C25H34N4O4S/c30-22(21(19-11-14-33-15-12-19)26-23(31)20-9-5-2-6-10-20)24(32)27-28-25-29(13-16-34-25)17-18-7-3-1-4-8-18/h1,3-4,7-8,19-21H,2,5-6,9-17H2,(H,26,31)(H,27,32). The Morgan fingerprint density at radius 2 is 1.79 bits per heavy atom. The lowest BCUT2D eigenvalue weighted by Gasteiger charge is -2.31. The smallest absolute Gasteiger partial charge is 0.309 e. The Balaban J connectivity index is 1.39. The highest BCUT2D eigenvalue weighted by Crippen LogP contribution is 2.26. The summed E-state index contributed by atoms with van der Waals surface area (Å²) >= 11 is 1.55. The molecule has 2 aliphatic heterocycles. The topological polar surface area (TPSA) is 100 Å². The first-order valence-corrected chi connectivity index (χ1v) is 13.3. The van der Waals surface area contributed by atoms with E-state index >= 15 is 0 Å². The van der Waals surface area contributed by atoms with Crippen LogP contribution in [0.15, 0.2) is 35.4 Å². The van der Waals surface area contributed by atoms with Crippen molar-refractivity contribution in [3.05, 3.63) is 35.9 Å². The average molecular weight is 487 g/mol. The van der Waals surface area contributed by atoms with Crippen molar-refractivity contribution in [3.63, 3.8) is 0 Å². The van der Waals surface area contributed by atoms with Crippen molar-refractivity contribution < 1.29 is 19.1 Å². The summed E-state index contributed by atoms with van der Waals surface area (Å²) in [6, 6.07) is 9.23. The van der Waals surface area contributed by atoms with E-state index in [0.717, 1.165) is 50.0 Å². The second-order valence-electron chi connectivity index (χ2n) is 9.23. The molecule has 0 aromatic heterocycles. The van der Waals surface area contributed by atoms with Gasteiger partial charge < -0.3 is 15.0 Å². The number of Topliss-reactive ketones (excluding diaryl/α,β-unsaturated/α-hetero) is 1. The summed E-state index contributed by atoms with van der Waals surface area (Å²) in [5.41, 5.74) is 3.62. The van der Waals surface area contributed by atoms with Gasteiger partial charge in [-0.3, -0.25) is 14.4 Å². The van der Waals surface area contributed by atoms with Crippen LogP contribution in [0.5, 0.6) is 0 Å². The molecule has 1 aromatic rings. The largest absolute Gasteiger partial charge is 0.381 e. The number of amides is 2. The summed E-state index contributed by atoms with van der Waals surface area (Å²) in [5, 5.41) is 7.90. The fraction of sp³-hybridized carbons (Fsp3) is 0.600. The molecular formula is C25H34N4O4S. The number of nitrogens with zero attached hydrogens (tertiary/aromatic N) is 2. The third-order valence-corrected chi connectivity index (χ3v) is 7.84. The van der Waals surface area contributed by atoms with E-state index in [4.69, 9.17) is 4.74 Å². The van der Waals surface area contributed by atoms with Gasteiger partial charge in [-0.1, -0.05) is 61.4 Å². The molecule has 9 heteroatoms. The molecule has 184 valence electrons. The first-order chi connectivity index (χ1) is 16.6. The molecule has 1 atom stereocenters. The van der Waals surface area contributed by atoms with E-state index in [-0.39, 0.29) is 17.7 Å². The molecule has 0 spiro atoms. The minimum absolute atomic E-state index is 0.0753. The molecule has 1 saturated carbocycles. The number of carbonyl (C=O) groups is 3. The van der Waals surface area contributed by atoms with Gasteiger partial charge in [0.25, 0.3) is 0 Å². The van der Waals surface area contributed by atoms with E-state index in [9.17, 15) is 14.4 Å². The molecule has 0 bridgehead atoms. The summed E-state index contributed by atoms with van der Waals surface area (Å²) in [5.74, 6) is -0.823. The molecule has 0 radical (unpaired) electrons. The van der Waals surface area contributed by atoms with Crippen LogP contribution in [0.25, 0.3) is 0 Å². The molecule has 8 nitrogen and oxygen atoms in total. The van der Waals surface area contributed by atoms with Gasteiger partial charge in [0.2, 0.25) is 11.7 Å². The maximum atomic E-state index is 13.2. The normalized spacial score (nSPS) is 21.9. The van der Waals surface area contributed by atoms with E-state index in [2.05, 4.69) is 32.9 Å². The number of ether oxygens (including phenoxy) is 1. The number of hydrogen-bond acceptors (Lipinski definition) is 6. The second kappa shape index (κ2) is 12.4. The van der Waals surface area contributed by atoms with Crippen LogP contribution in [0.3, 0.4) is 0 Å². The zero-order chi connectivity index (χ0) is 23.8. The molecule has 34 heavy (non-hydrogen) atoms. The molecular weight excluding hydrogens is 452 g/mol. The third kappa shape index (κ3) is 6.60. The van der Waals surface area contributed by atoms with Gasteiger partial charge in [-0.05, 0) is 37.2 Å². The Kier molecular flexibility index (Phi) is 8.98. The summed E-state index contributed by atoms with van der Waals surface area (Å²) < 4.78 is 5.43. The van der Waals surface area contributed by atoms with Gasteiger partial charge in [-0.15, -0.1) is 5.10 Å². The minimum Gasteiger partial charge on any atom is -0.381 e. The Morgan fingerprint density at radius 3 is 2.53 bits per heavy atom. The van der Waals surface area contributed by atoms with Gasteiger partial charge in [0.15, 0.2) is 5.17 Å². The maximum absolute atomic E-state index is 13.2. The van der Waals surface area contributed by atoms with Crippen LogP contribution >= 0.6 is 11.8 Å². The van der Waals surface area contributed by atoms with E-state index < -0.39 is 17.7 Å². The average Bonchev–Trinajstić information content (AvgIpc) is 3.33. The number of hydrazone groups is 1. The molecule has 1 unspecified atom stereocenters. The molecule has 2 saturated heterocycles. The van der Waals surface area contributed by atoms with E-state index in [0.29, 0.717) is 37.8 Å². The highest BCUT2D eigenvalue weighted by Gasteiger charge is 2.36. The van der Waals surface area contributed by atoms with Crippen LogP contribution < -0.4 is 10.7 Å². The minimum atomic E-state index is -0.838. The number of amidine groups is 1. The predicted molar refractivity (Wildman–Crippen MR) is 132 cm³/mol. The first kappa shape index (κ1) is 24.7. The zero-order valence-electron chi connectivity index (χ0n) is 19.5. The van der Waals surface area contributed by atoms with Crippen LogP contribution in [0.2, 0.25) is 0 Å². The van der Waals surface area contributed by atoms with Gasteiger partial charge in [-0.25, -0.2) is 5.43 Å². The number of hydrogen-bond donors (Lipinski definition) is 2. The molecule has 2 amide bonds. The highest BCUT2D eigenvalue weighted by molar-refractivity contribution is 8.14. The molecule has 3 aliphatic rings. The monoisotopic (exact) mass is 486 g/mol. The van der Waals surface area contributed by atoms with E-state index in [1.807, 2.05) is 18.2 Å². The van der Waals surface area contributed by atoms with E-state index in [1.165, 1.54) is 0 Å². The molecule has 3 fully saturated rings. The van der Waals surface area contributed by atoms with Crippen molar-refractivity contribution in [1.82, 2.24) is 15.6 Å². The summed E-state index contributed by atoms with van der Waals surface area (Å²) in [7, 11) is 0. The van der Waals surface area contributed by atoms with Gasteiger partial charge >= 0.3 is 5.91 Å². The Bertz CT molecular complexity index is 882. The zero-order valence-corrected chi connectivity index (χ0v) is 20.4. The summed E-state index contributed by atoms with van der Waals surface area (Å²) in [6.07, 6.45) is 6.18. The Labute approximate surface area is 205 Å².